The third-order valence-electron chi connectivity index (χ3n) is 2.95. The lowest BCUT2D eigenvalue weighted by Crippen LogP contribution is -2.51. The van der Waals surface area contributed by atoms with Crippen LogP contribution in [0, 0.1) is 0 Å². The molecule has 1 amide bonds. The predicted octanol–water partition coefficient (Wildman–Crippen LogP) is 1.77. The second kappa shape index (κ2) is 6.67. The van der Waals surface area contributed by atoms with E-state index < -0.39 is 5.54 Å². The van der Waals surface area contributed by atoms with Gasteiger partial charge in [-0.1, -0.05) is 30.3 Å². The van der Waals surface area contributed by atoms with Crippen molar-refractivity contribution in [2.24, 2.45) is 5.73 Å². The number of primary amides is 1. The topological polar surface area (TPSA) is 55.1 Å². The minimum atomic E-state index is -0.594. The van der Waals surface area contributed by atoms with E-state index in [1.807, 2.05) is 36.9 Å². The summed E-state index contributed by atoms with van der Waals surface area (Å²) < 4.78 is 0. The lowest BCUT2D eigenvalue weighted by Gasteiger charge is -2.25. The van der Waals surface area contributed by atoms with Crippen LogP contribution < -0.4 is 11.1 Å². The molecule has 0 aromatic heterocycles. The summed E-state index contributed by atoms with van der Waals surface area (Å²) >= 11 is 1.82. The van der Waals surface area contributed by atoms with E-state index in [1.165, 1.54) is 5.56 Å². The fourth-order valence-electron chi connectivity index (χ4n) is 1.41. The summed E-state index contributed by atoms with van der Waals surface area (Å²) in [6.45, 7) is 1.85. The molecule has 0 aliphatic carbocycles. The molecule has 1 aromatic rings. The Bertz CT molecular complexity index is 356. The fraction of sp³-hybridized carbons (Fsp3) is 0.462. The quantitative estimate of drug-likeness (QED) is 0.727. The zero-order valence-electron chi connectivity index (χ0n) is 10.4. The summed E-state index contributed by atoms with van der Waals surface area (Å²) in [5.41, 5.74) is 6.08. The van der Waals surface area contributed by atoms with Gasteiger partial charge in [0, 0.05) is 5.75 Å². The van der Waals surface area contributed by atoms with Gasteiger partial charge in [0.25, 0.3) is 0 Å². The Hall–Kier alpha value is -1.00. The maximum Gasteiger partial charge on any atom is 0.237 e. The van der Waals surface area contributed by atoms with Gasteiger partial charge in [-0.2, -0.15) is 11.8 Å². The van der Waals surface area contributed by atoms with Crippen molar-refractivity contribution < 1.29 is 4.79 Å². The van der Waals surface area contributed by atoms with Gasteiger partial charge in [0.05, 0.1) is 5.54 Å². The summed E-state index contributed by atoms with van der Waals surface area (Å²) in [6.07, 6.45) is 0.746. The van der Waals surface area contributed by atoms with Crippen LogP contribution in [0.4, 0.5) is 0 Å². The van der Waals surface area contributed by atoms with E-state index in [4.69, 9.17) is 5.73 Å². The van der Waals surface area contributed by atoms with E-state index in [9.17, 15) is 4.79 Å². The number of likely N-dealkylation sites (N-methyl/N-ethyl adjacent to an activating group) is 1. The number of hydrogen-bond acceptors (Lipinski definition) is 3. The minimum Gasteiger partial charge on any atom is -0.368 e. The Morgan fingerprint density at radius 3 is 2.59 bits per heavy atom. The molecule has 0 saturated heterocycles. The summed E-state index contributed by atoms with van der Waals surface area (Å²) in [5, 5.41) is 2.99. The molecule has 3 N–H and O–H groups in total. The van der Waals surface area contributed by atoms with Crippen molar-refractivity contribution >= 4 is 17.7 Å². The van der Waals surface area contributed by atoms with Gasteiger partial charge in [0.15, 0.2) is 0 Å². The van der Waals surface area contributed by atoms with E-state index in [1.54, 1.807) is 7.05 Å². The fourth-order valence-corrected chi connectivity index (χ4v) is 2.54. The maximum atomic E-state index is 11.3. The molecule has 17 heavy (non-hydrogen) atoms. The van der Waals surface area contributed by atoms with Crippen LogP contribution in [0.15, 0.2) is 30.3 Å². The number of hydrogen-bond donors (Lipinski definition) is 2. The van der Waals surface area contributed by atoms with E-state index in [2.05, 4.69) is 17.4 Å². The average molecular weight is 252 g/mol. The zero-order valence-corrected chi connectivity index (χ0v) is 11.2. The van der Waals surface area contributed by atoms with Crippen molar-refractivity contribution in [2.75, 3.05) is 12.8 Å². The van der Waals surface area contributed by atoms with Crippen LogP contribution in [-0.2, 0) is 10.5 Å². The molecule has 1 aromatic carbocycles. The Labute approximate surface area is 107 Å². The molecule has 0 saturated carbocycles. The first-order valence-corrected chi connectivity index (χ1v) is 6.84. The van der Waals surface area contributed by atoms with Gasteiger partial charge in [-0.15, -0.1) is 0 Å². The van der Waals surface area contributed by atoms with Gasteiger partial charge in [-0.05, 0) is 31.7 Å². The van der Waals surface area contributed by atoms with Crippen molar-refractivity contribution in [3.8, 4) is 0 Å². The average Bonchev–Trinajstić information content (AvgIpc) is 2.35. The lowest BCUT2D eigenvalue weighted by molar-refractivity contribution is -0.123. The van der Waals surface area contributed by atoms with Crippen molar-refractivity contribution in [1.82, 2.24) is 5.32 Å². The summed E-state index contributed by atoms with van der Waals surface area (Å²) in [5.74, 6) is 1.59. The van der Waals surface area contributed by atoms with Crippen molar-refractivity contribution in [3.05, 3.63) is 35.9 Å². The smallest absolute Gasteiger partial charge is 0.237 e. The normalized spacial score (nSPS) is 14.2. The first-order valence-electron chi connectivity index (χ1n) is 5.69. The first kappa shape index (κ1) is 14.1. The molecular weight excluding hydrogens is 232 g/mol. The van der Waals surface area contributed by atoms with Gasteiger partial charge in [-0.3, -0.25) is 4.79 Å². The van der Waals surface area contributed by atoms with Crippen LogP contribution in [0.5, 0.6) is 0 Å². The molecule has 1 unspecified atom stereocenters. The monoisotopic (exact) mass is 252 g/mol. The summed E-state index contributed by atoms with van der Waals surface area (Å²) in [6, 6.07) is 10.3. The number of nitrogens with one attached hydrogen (secondary N) is 1. The van der Waals surface area contributed by atoms with Crippen molar-refractivity contribution in [3.63, 3.8) is 0 Å². The number of carbonyl (C=O) groups excluding carboxylic acids is 1. The largest absolute Gasteiger partial charge is 0.368 e. The van der Waals surface area contributed by atoms with Crippen LogP contribution >= 0.6 is 11.8 Å². The Morgan fingerprint density at radius 1 is 1.41 bits per heavy atom. The molecule has 94 valence electrons. The van der Waals surface area contributed by atoms with Gasteiger partial charge in [0.1, 0.15) is 0 Å². The molecule has 0 bridgehead atoms. The van der Waals surface area contributed by atoms with E-state index >= 15 is 0 Å². The number of carbonyl (C=O) groups is 1. The first-order chi connectivity index (χ1) is 8.08. The predicted molar refractivity (Wildman–Crippen MR) is 73.9 cm³/mol. The van der Waals surface area contributed by atoms with Gasteiger partial charge < -0.3 is 11.1 Å². The second-order valence-electron chi connectivity index (χ2n) is 4.23. The van der Waals surface area contributed by atoms with E-state index in [0.717, 1.165) is 17.9 Å². The number of benzene rings is 1. The van der Waals surface area contributed by atoms with Gasteiger partial charge in [0.2, 0.25) is 5.91 Å². The molecule has 0 heterocycles. The molecule has 0 aliphatic heterocycles. The SMILES string of the molecule is CNC(C)(CCSCc1ccccc1)C(N)=O. The Balaban J connectivity index is 2.31. The van der Waals surface area contributed by atoms with E-state index in [-0.39, 0.29) is 5.91 Å². The molecular formula is C13H20N2OS. The van der Waals surface area contributed by atoms with Crippen LogP contribution in [0.3, 0.4) is 0 Å². The Kier molecular flexibility index (Phi) is 5.51. The van der Waals surface area contributed by atoms with Crippen LogP contribution in [0.25, 0.3) is 0 Å². The molecule has 0 spiro atoms. The molecule has 4 heteroatoms. The lowest BCUT2D eigenvalue weighted by atomic mass is 9.99. The second-order valence-corrected chi connectivity index (χ2v) is 5.34. The van der Waals surface area contributed by atoms with Gasteiger partial charge >= 0.3 is 0 Å². The van der Waals surface area contributed by atoms with Crippen molar-refractivity contribution in [1.29, 1.82) is 0 Å². The third-order valence-corrected chi connectivity index (χ3v) is 3.98. The number of thioether (sulfide) groups is 1. The summed E-state index contributed by atoms with van der Waals surface area (Å²) in [4.78, 5) is 11.3. The standard InChI is InChI=1S/C13H20N2OS/c1-13(15-2,12(14)16)8-9-17-10-11-6-4-3-5-7-11/h3-7,15H,8-10H2,1-2H3,(H2,14,16). The number of rotatable bonds is 7. The van der Waals surface area contributed by atoms with Crippen molar-refractivity contribution in [2.45, 2.75) is 24.6 Å². The van der Waals surface area contributed by atoms with Crippen LogP contribution in [0.2, 0.25) is 0 Å². The molecule has 1 rings (SSSR count). The van der Waals surface area contributed by atoms with Crippen LogP contribution in [-0.4, -0.2) is 24.2 Å². The molecule has 0 radical (unpaired) electrons. The van der Waals surface area contributed by atoms with Gasteiger partial charge in [-0.25, -0.2) is 0 Å². The third kappa shape index (κ3) is 4.40. The minimum absolute atomic E-state index is 0.291. The highest BCUT2D eigenvalue weighted by atomic mass is 32.2. The maximum absolute atomic E-state index is 11.3. The Morgan fingerprint density at radius 2 is 2.06 bits per heavy atom. The molecule has 1 atom stereocenters. The molecule has 3 nitrogen and oxygen atoms in total. The molecule has 0 fully saturated rings. The highest BCUT2D eigenvalue weighted by molar-refractivity contribution is 7.98. The number of amides is 1. The summed E-state index contributed by atoms with van der Waals surface area (Å²) in [7, 11) is 1.77. The van der Waals surface area contributed by atoms with E-state index in [0.29, 0.717) is 0 Å². The number of nitrogens with two attached hydrogens (primary N) is 1. The highest BCUT2D eigenvalue weighted by Gasteiger charge is 2.27. The highest BCUT2D eigenvalue weighted by Crippen LogP contribution is 2.17. The zero-order chi connectivity index (χ0) is 12.7. The van der Waals surface area contributed by atoms with Crippen LogP contribution in [0.1, 0.15) is 18.9 Å². The molecule has 0 aliphatic rings.